The number of aliphatic hydroxyl groups is 1. The molecule has 1 nitrogen and oxygen atoms in total. The minimum Gasteiger partial charge on any atom is -0.395 e. The van der Waals surface area contributed by atoms with Crippen LogP contribution in [0.3, 0.4) is 0 Å². The van der Waals surface area contributed by atoms with E-state index < -0.39 is 0 Å². The molecule has 0 aliphatic rings. The minimum atomic E-state index is -0.0799. The number of halogens is 1. The maximum Gasteiger partial charge on any atom is 0.0525 e. The van der Waals surface area contributed by atoms with Gasteiger partial charge in [0.15, 0.2) is 0 Å². The monoisotopic (exact) mass is 270 g/mol. The van der Waals surface area contributed by atoms with Crippen molar-refractivity contribution in [1.82, 2.24) is 0 Å². The first-order valence-electron chi connectivity index (χ1n) is 5.45. The van der Waals surface area contributed by atoms with Gasteiger partial charge in [-0.3, -0.25) is 0 Å². The maximum atomic E-state index is 9.53. The zero-order valence-electron chi connectivity index (χ0n) is 9.25. The summed E-state index contributed by atoms with van der Waals surface area (Å²) < 4.78 is 0. The second-order valence-corrected chi connectivity index (χ2v) is 5.02. The number of alkyl halides is 1. The molecule has 0 aliphatic heterocycles. The molecule has 0 saturated carbocycles. The SMILES string of the molecule is C[C@](CO)(CCCCBr)c1ccccc1. The lowest BCUT2D eigenvalue weighted by Crippen LogP contribution is -2.26. The average Bonchev–Trinajstić information content (AvgIpc) is 2.30. The number of rotatable bonds is 6. The van der Waals surface area contributed by atoms with Gasteiger partial charge in [-0.15, -0.1) is 0 Å². The molecule has 84 valence electrons. The third-order valence-corrected chi connectivity index (χ3v) is 3.49. The number of unbranched alkanes of at least 4 members (excludes halogenated alkanes) is 1. The molecule has 0 radical (unpaired) electrons. The molecule has 1 N–H and O–H groups in total. The molecule has 0 unspecified atom stereocenters. The molecule has 0 amide bonds. The van der Waals surface area contributed by atoms with Crippen LogP contribution in [0.5, 0.6) is 0 Å². The predicted molar refractivity (Wildman–Crippen MR) is 68.5 cm³/mol. The number of hydrogen-bond donors (Lipinski definition) is 1. The van der Waals surface area contributed by atoms with Crippen LogP contribution < -0.4 is 0 Å². The van der Waals surface area contributed by atoms with E-state index in [1.807, 2.05) is 18.2 Å². The van der Waals surface area contributed by atoms with Crippen LogP contribution in [0.1, 0.15) is 31.7 Å². The summed E-state index contributed by atoms with van der Waals surface area (Å²) in [5.41, 5.74) is 1.16. The second-order valence-electron chi connectivity index (χ2n) is 4.23. The van der Waals surface area contributed by atoms with Gasteiger partial charge in [-0.1, -0.05) is 59.6 Å². The fraction of sp³-hybridized carbons (Fsp3) is 0.538. The Morgan fingerprint density at radius 3 is 2.40 bits per heavy atom. The first kappa shape index (κ1) is 12.7. The normalized spacial score (nSPS) is 14.9. The lowest BCUT2D eigenvalue weighted by Gasteiger charge is -2.27. The van der Waals surface area contributed by atoms with Gasteiger partial charge in [0.25, 0.3) is 0 Å². The molecule has 1 rings (SSSR count). The maximum absolute atomic E-state index is 9.53. The molecule has 0 fully saturated rings. The zero-order chi connectivity index (χ0) is 11.1. The Labute approximate surface area is 101 Å². The van der Waals surface area contributed by atoms with Gasteiger partial charge in [0.1, 0.15) is 0 Å². The van der Waals surface area contributed by atoms with Crippen LogP contribution in [0.4, 0.5) is 0 Å². The Hall–Kier alpha value is -0.340. The number of hydrogen-bond acceptors (Lipinski definition) is 1. The Morgan fingerprint density at radius 2 is 1.87 bits per heavy atom. The molecule has 1 atom stereocenters. The Balaban J connectivity index is 2.67. The number of benzene rings is 1. The largest absolute Gasteiger partial charge is 0.395 e. The summed E-state index contributed by atoms with van der Waals surface area (Å²) >= 11 is 3.43. The summed E-state index contributed by atoms with van der Waals surface area (Å²) in [6.07, 6.45) is 3.36. The van der Waals surface area contributed by atoms with Gasteiger partial charge < -0.3 is 5.11 Å². The van der Waals surface area contributed by atoms with E-state index in [-0.39, 0.29) is 12.0 Å². The van der Waals surface area contributed by atoms with Crippen molar-refractivity contribution in [3.8, 4) is 0 Å². The van der Waals surface area contributed by atoms with Crippen molar-refractivity contribution in [1.29, 1.82) is 0 Å². The van der Waals surface area contributed by atoms with E-state index in [0.29, 0.717) is 0 Å². The lowest BCUT2D eigenvalue weighted by atomic mass is 9.79. The van der Waals surface area contributed by atoms with Gasteiger partial charge in [0.05, 0.1) is 6.61 Å². The molecule has 0 spiro atoms. The molecule has 15 heavy (non-hydrogen) atoms. The Morgan fingerprint density at radius 1 is 1.20 bits per heavy atom. The first-order chi connectivity index (χ1) is 7.23. The van der Waals surface area contributed by atoms with E-state index in [0.717, 1.165) is 18.2 Å². The van der Waals surface area contributed by atoms with Gasteiger partial charge >= 0.3 is 0 Å². The molecule has 0 aliphatic carbocycles. The van der Waals surface area contributed by atoms with Crippen molar-refractivity contribution in [3.05, 3.63) is 35.9 Å². The minimum absolute atomic E-state index is 0.0799. The third-order valence-electron chi connectivity index (χ3n) is 2.93. The summed E-state index contributed by atoms with van der Waals surface area (Å²) in [5, 5.41) is 10.6. The smallest absolute Gasteiger partial charge is 0.0525 e. The van der Waals surface area contributed by atoms with E-state index >= 15 is 0 Å². The quantitative estimate of drug-likeness (QED) is 0.620. The van der Waals surface area contributed by atoms with E-state index in [2.05, 4.69) is 35.0 Å². The van der Waals surface area contributed by atoms with Gasteiger partial charge in [-0.05, 0) is 18.4 Å². The van der Waals surface area contributed by atoms with Crippen LogP contribution in [0, 0.1) is 0 Å². The molecule has 0 saturated heterocycles. The fourth-order valence-corrected chi connectivity index (χ4v) is 2.16. The molecule has 1 aromatic rings. The molecule has 0 heterocycles. The van der Waals surface area contributed by atoms with Gasteiger partial charge in [0, 0.05) is 10.7 Å². The Kier molecular flexibility index (Phi) is 5.34. The van der Waals surface area contributed by atoms with Gasteiger partial charge in [0.2, 0.25) is 0 Å². The van der Waals surface area contributed by atoms with Crippen LogP contribution in [-0.2, 0) is 5.41 Å². The standard InChI is InChI=1S/C13H19BrO/c1-13(11-15,9-5-6-10-14)12-7-3-2-4-8-12/h2-4,7-8,15H,5-6,9-11H2,1H3/t13-/m1/s1. The van der Waals surface area contributed by atoms with Crippen LogP contribution in [0.2, 0.25) is 0 Å². The van der Waals surface area contributed by atoms with Crippen LogP contribution in [-0.4, -0.2) is 17.0 Å². The fourth-order valence-electron chi connectivity index (χ4n) is 1.76. The summed E-state index contributed by atoms with van der Waals surface area (Å²) in [6, 6.07) is 10.3. The van der Waals surface area contributed by atoms with Crippen molar-refractivity contribution in [2.45, 2.75) is 31.6 Å². The van der Waals surface area contributed by atoms with Gasteiger partial charge in [-0.2, -0.15) is 0 Å². The average molecular weight is 271 g/mol. The highest BCUT2D eigenvalue weighted by atomic mass is 79.9. The summed E-state index contributed by atoms with van der Waals surface area (Å²) in [7, 11) is 0. The molecular weight excluding hydrogens is 252 g/mol. The van der Waals surface area contributed by atoms with Crippen LogP contribution in [0.15, 0.2) is 30.3 Å². The van der Waals surface area contributed by atoms with E-state index in [1.165, 1.54) is 12.0 Å². The summed E-state index contributed by atoms with van der Waals surface area (Å²) in [6.45, 7) is 2.36. The van der Waals surface area contributed by atoms with Crippen LogP contribution >= 0.6 is 15.9 Å². The van der Waals surface area contributed by atoms with E-state index in [9.17, 15) is 5.11 Å². The van der Waals surface area contributed by atoms with E-state index in [1.54, 1.807) is 0 Å². The van der Waals surface area contributed by atoms with Gasteiger partial charge in [-0.25, -0.2) is 0 Å². The van der Waals surface area contributed by atoms with Crippen molar-refractivity contribution >= 4 is 15.9 Å². The molecule has 1 aromatic carbocycles. The van der Waals surface area contributed by atoms with Crippen molar-refractivity contribution in [2.24, 2.45) is 0 Å². The summed E-state index contributed by atoms with van der Waals surface area (Å²) in [5.74, 6) is 0. The highest BCUT2D eigenvalue weighted by Gasteiger charge is 2.24. The van der Waals surface area contributed by atoms with Crippen LogP contribution in [0.25, 0.3) is 0 Å². The first-order valence-corrected chi connectivity index (χ1v) is 6.57. The van der Waals surface area contributed by atoms with Crippen molar-refractivity contribution in [2.75, 3.05) is 11.9 Å². The molecular formula is C13H19BrO. The highest BCUT2D eigenvalue weighted by Crippen LogP contribution is 2.28. The highest BCUT2D eigenvalue weighted by molar-refractivity contribution is 9.09. The Bertz CT molecular complexity index is 273. The summed E-state index contributed by atoms with van der Waals surface area (Å²) in [4.78, 5) is 0. The number of aliphatic hydroxyl groups excluding tert-OH is 1. The van der Waals surface area contributed by atoms with Crippen molar-refractivity contribution in [3.63, 3.8) is 0 Å². The predicted octanol–water partition coefficient (Wildman–Crippen LogP) is 3.50. The molecule has 2 heteroatoms. The van der Waals surface area contributed by atoms with E-state index in [4.69, 9.17) is 0 Å². The third kappa shape index (κ3) is 3.62. The second kappa shape index (κ2) is 6.29. The molecule has 0 aromatic heterocycles. The topological polar surface area (TPSA) is 20.2 Å². The zero-order valence-corrected chi connectivity index (χ0v) is 10.8. The molecule has 0 bridgehead atoms. The van der Waals surface area contributed by atoms with Crippen molar-refractivity contribution < 1.29 is 5.11 Å². The lowest BCUT2D eigenvalue weighted by molar-refractivity contribution is 0.194.